The van der Waals surface area contributed by atoms with Gasteiger partial charge in [-0.25, -0.2) is 0 Å². The normalized spacial score (nSPS) is 18.4. The summed E-state index contributed by atoms with van der Waals surface area (Å²) in [6.45, 7) is 0.883. The van der Waals surface area contributed by atoms with Crippen molar-refractivity contribution >= 4 is 0 Å². The highest BCUT2D eigenvalue weighted by molar-refractivity contribution is 5.28. The molecule has 4 heteroatoms. The molecular formula is C14H21NO3. The Hall–Kier alpha value is -1.10. The maximum absolute atomic E-state index is 9.39. The van der Waals surface area contributed by atoms with Crippen molar-refractivity contribution in [3.05, 3.63) is 29.8 Å². The monoisotopic (exact) mass is 251 g/mol. The van der Waals surface area contributed by atoms with Crippen LogP contribution in [0.3, 0.4) is 0 Å². The van der Waals surface area contributed by atoms with Crippen LogP contribution in [0.25, 0.3) is 0 Å². The van der Waals surface area contributed by atoms with E-state index in [1.165, 1.54) is 0 Å². The second-order valence-corrected chi connectivity index (χ2v) is 5.03. The van der Waals surface area contributed by atoms with Crippen LogP contribution in [0.2, 0.25) is 0 Å². The number of hydrogen-bond acceptors (Lipinski definition) is 4. The molecule has 4 nitrogen and oxygen atoms in total. The molecule has 0 radical (unpaired) electrons. The van der Waals surface area contributed by atoms with Gasteiger partial charge in [0.2, 0.25) is 0 Å². The third kappa shape index (κ3) is 3.22. The van der Waals surface area contributed by atoms with Crippen LogP contribution in [-0.4, -0.2) is 31.0 Å². The lowest BCUT2D eigenvalue weighted by Crippen LogP contribution is -2.51. The van der Waals surface area contributed by atoms with Crippen molar-refractivity contribution in [1.82, 2.24) is 0 Å². The molecule has 1 aromatic carbocycles. The number of methoxy groups -OCH3 is 1. The van der Waals surface area contributed by atoms with Crippen molar-refractivity contribution in [3.63, 3.8) is 0 Å². The second-order valence-electron chi connectivity index (χ2n) is 5.03. The van der Waals surface area contributed by atoms with E-state index in [0.29, 0.717) is 19.1 Å². The predicted molar refractivity (Wildman–Crippen MR) is 69.4 cm³/mol. The van der Waals surface area contributed by atoms with Gasteiger partial charge in [0.1, 0.15) is 12.4 Å². The molecule has 3 N–H and O–H groups in total. The number of nitrogens with two attached hydrogens (primary N) is 1. The Morgan fingerprint density at radius 2 is 2.22 bits per heavy atom. The minimum Gasteiger partial charge on any atom is -0.492 e. The van der Waals surface area contributed by atoms with Crippen molar-refractivity contribution in [2.45, 2.75) is 25.0 Å². The Morgan fingerprint density at radius 1 is 1.44 bits per heavy atom. The zero-order chi connectivity index (χ0) is 13.0. The topological polar surface area (TPSA) is 64.7 Å². The lowest BCUT2D eigenvalue weighted by atomic mass is 9.97. The Kier molecular flexibility index (Phi) is 4.22. The van der Waals surface area contributed by atoms with E-state index in [9.17, 15) is 5.11 Å². The summed E-state index contributed by atoms with van der Waals surface area (Å²) in [4.78, 5) is 0. The van der Waals surface area contributed by atoms with Crippen LogP contribution in [0.5, 0.6) is 5.75 Å². The van der Waals surface area contributed by atoms with Gasteiger partial charge in [-0.2, -0.15) is 0 Å². The molecular weight excluding hydrogens is 230 g/mol. The molecule has 0 heterocycles. The maximum atomic E-state index is 9.39. The van der Waals surface area contributed by atoms with Gasteiger partial charge < -0.3 is 20.3 Å². The molecule has 100 valence electrons. The molecule has 0 saturated heterocycles. The quantitative estimate of drug-likeness (QED) is 0.767. The second kappa shape index (κ2) is 5.69. The highest BCUT2D eigenvalue weighted by atomic mass is 16.5. The smallest absolute Gasteiger partial charge is 0.119 e. The van der Waals surface area contributed by atoms with Gasteiger partial charge >= 0.3 is 0 Å². The molecule has 0 bridgehead atoms. The van der Waals surface area contributed by atoms with E-state index >= 15 is 0 Å². The first-order valence-corrected chi connectivity index (χ1v) is 6.28. The first-order chi connectivity index (χ1) is 8.68. The van der Waals surface area contributed by atoms with Gasteiger partial charge in [-0.1, -0.05) is 12.1 Å². The summed E-state index contributed by atoms with van der Waals surface area (Å²) in [6, 6.07) is 7.75. The molecule has 0 amide bonds. The fourth-order valence-electron chi connectivity index (χ4n) is 2.06. The Balaban J connectivity index is 1.94. The predicted octanol–water partition coefficient (Wildman–Crippen LogP) is 1.31. The number of benzene rings is 1. The SMILES string of the molecule is COCc1cccc(OCC(N)(CO)C2CC2)c1. The zero-order valence-electron chi connectivity index (χ0n) is 10.8. The fraction of sp³-hybridized carbons (Fsp3) is 0.571. The van der Waals surface area contributed by atoms with Gasteiger partial charge in [-0.05, 0) is 36.5 Å². The van der Waals surface area contributed by atoms with Crippen molar-refractivity contribution in [2.75, 3.05) is 20.3 Å². The summed E-state index contributed by atoms with van der Waals surface area (Å²) < 4.78 is 10.8. The first-order valence-electron chi connectivity index (χ1n) is 6.28. The standard InChI is InChI=1S/C14H21NO3/c1-17-8-11-3-2-4-13(7-11)18-10-14(15,9-16)12-5-6-12/h2-4,7,12,16H,5-6,8-10,15H2,1H3. The first kappa shape index (κ1) is 13.3. The van der Waals surface area contributed by atoms with Crippen LogP contribution in [0, 0.1) is 5.92 Å². The molecule has 1 saturated carbocycles. The van der Waals surface area contributed by atoms with Crippen molar-refractivity contribution in [3.8, 4) is 5.75 Å². The van der Waals surface area contributed by atoms with Crippen molar-refractivity contribution in [2.24, 2.45) is 11.7 Å². The summed E-state index contributed by atoms with van der Waals surface area (Å²) in [5.74, 6) is 1.16. The van der Waals surface area contributed by atoms with Crippen molar-refractivity contribution < 1.29 is 14.6 Å². The van der Waals surface area contributed by atoms with E-state index in [0.717, 1.165) is 24.2 Å². The minimum absolute atomic E-state index is 0.0323. The number of aliphatic hydroxyl groups is 1. The highest BCUT2D eigenvalue weighted by Gasteiger charge is 2.42. The molecule has 1 unspecified atom stereocenters. The third-order valence-corrected chi connectivity index (χ3v) is 3.40. The van der Waals surface area contributed by atoms with Gasteiger partial charge in [0.05, 0.1) is 18.8 Å². The van der Waals surface area contributed by atoms with E-state index in [1.54, 1.807) is 7.11 Å². The zero-order valence-corrected chi connectivity index (χ0v) is 10.8. The summed E-state index contributed by atoms with van der Waals surface area (Å²) >= 11 is 0. The number of ether oxygens (including phenoxy) is 2. The van der Waals surface area contributed by atoms with E-state index in [4.69, 9.17) is 15.2 Å². The van der Waals surface area contributed by atoms with E-state index in [1.807, 2.05) is 24.3 Å². The molecule has 1 aromatic rings. The lowest BCUT2D eigenvalue weighted by Gasteiger charge is -2.27. The summed E-state index contributed by atoms with van der Waals surface area (Å²) in [5, 5.41) is 9.39. The molecule has 0 spiro atoms. The Labute approximate surface area is 108 Å². The van der Waals surface area contributed by atoms with Gasteiger partial charge in [0, 0.05) is 7.11 Å². The summed E-state index contributed by atoms with van der Waals surface area (Å²) in [5.41, 5.74) is 6.61. The summed E-state index contributed by atoms with van der Waals surface area (Å²) in [6.07, 6.45) is 2.17. The third-order valence-electron chi connectivity index (χ3n) is 3.40. The van der Waals surface area contributed by atoms with Crippen molar-refractivity contribution in [1.29, 1.82) is 0 Å². The van der Waals surface area contributed by atoms with E-state index < -0.39 is 5.54 Å². The molecule has 1 aliphatic rings. The van der Waals surface area contributed by atoms with Gasteiger partial charge in [-0.15, -0.1) is 0 Å². The molecule has 1 atom stereocenters. The fourth-order valence-corrected chi connectivity index (χ4v) is 2.06. The Bertz CT molecular complexity index is 392. The molecule has 0 aromatic heterocycles. The molecule has 1 aliphatic carbocycles. The number of rotatable bonds is 7. The van der Waals surface area contributed by atoms with Crippen LogP contribution in [0.1, 0.15) is 18.4 Å². The molecule has 0 aliphatic heterocycles. The average Bonchev–Trinajstić information content (AvgIpc) is 3.22. The van der Waals surface area contributed by atoms with Crippen LogP contribution in [-0.2, 0) is 11.3 Å². The van der Waals surface area contributed by atoms with Crippen LogP contribution in [0.4, 0.5) is 0 Å². The molecule has 1 fully saturated rings. The lowest BCUT2D eigenvalue weighted by molar-refractivity contribution is 0.116. The van der Waals surface area contributed by atoms with Gasteiger partial charge in [-0.3, -0.25) is 0 Å². The Morgan fingerprint density at radius 3 is 2.83 bits per heavy atom. The summed E-state index contributed by atoms with van der Waals surface area (Å²) in [7, 11) is 1.66. The largest absolute Gasteiger partial charge is 0.492 e. The van der Waals surface area contributed by atoms with Crippen LogP contribution >= 0.6 is 0 Å². The van der Waals surface area contributed by atoms with Gasteiger partial charge in [0.15, 0.2) is 0 Å². The number of hydrogen-bond donors (Lipinski definition) is 2. The average molecular weight is 251 g/mol. The highest BCUT2D eigenvalue weighted by Crippen LogP contribution is 2.38. The molecule has 2 rings (SSSR count). The van der Waals surface area contributed by atoms with Gasteiger partial charge in [0.25, 0.3) is 0 Å². The van der Waals surface area contributed by atoms with E-state index in [2.05, 4.69) is 0 Å². The molecule has 18 heavy (non-hydrogen) atoms. The minimum atomic E-state index is -0.600. The maximum Gasteiger partial charge on any atom is 0.119 e. The number of aliphatic hydroxyl groups excluding tert-OH is 1. The van der Waals surface area contributed by atoms with Crippen LogP contribution < -0.4 is 10.5 Å². The van der Waals surface area contributed by atoms with E-state index in [-0.39, 0.29) is 6.61 Å². The van der Waals surface area contributed by atoms with Crippen LogP contribution in [0.15, 0.2) is 24.3 Å².